The average molecular weight is 354 g/mol. The van der Waals surface area contributed by atoms with E-state index in [2.05, 4.69) is 37.2 Å². The number of carbonyl (C=O) groups is 1. The van der Waals surface area contributed by atoms with E-state index in [1.165, 1.54) is 11.3 Å². The second-order valence-electron chi connectivity index (χ2n) is 2.65. The molecule has 0 aliphatic carbocycles. The zero-order chi connectivity index (χ0) is 11.3. The van der Waals surface area contributed by atoms with Crippen molar-refractivity contribution in [2.24, 2.45) is 5.73 Å². The minimum atomic E-state index is -0.0759. The summed E-state index contributed by atoms with van der Waals surface area (Å²) in [6, 6.07) is 1.79. The summed E-state index contributed by atoms with van der Waals surface area (Å²) in [7, 11) is 0. The Hall–Kier alpha value is -0.170. The number of amides is 1. The van der Waals surface area contributed by atoms with Crippen molar-refractivity contribution in [3.63, 3.8) is 0 Å². The number of carbonyl (C=O) groups excluding carboxylic acids is 1. The van der Waals surface area contributed by atoms with Gasteiger partial charge in [0.05, 0.1) is 8.66 Å². The molecule has 0 spiro atoms. The van der Waals surface area contributed by atoms with E-state index in [0.29, 0.717) is 18.0 Å². The molecule has 6 heteroatoms. The minimum absolute atomic E-state index is 0.0759. The van der Waals surface area contributed by atoms with E-state index >= 15 is 0 Å². The lowest BCUT2D eigenvalue weighted by Crippen LogP contribution is -2.22. The molecule has 0 radical (unpaired) electrons. The standard InChI is InChI=1S/C9H10Br2N2OS/c10-6-5-7(15-8(6)11)9(14)13-4-2-1-3-12/h1-2,5H,3-4,12H2,(H,13,14)/b2-1+. The number of rotatable bonds is 4. The van der Waals surface area contributed by atoms with Gasteiger partial charge in [0.15, 0.2) is 0 Å². The van der Waals surface area contributed by atoms with Crippen LogP contribution in [0.3, 0.4) is 0 Å². The average Bonchev–Trinajstić information content (AvgIpc) is 2.54. The lowest BCUT2D eigenvalue weighted by Gasteiger charge is -1.97. The van der Waals surface area contributed by atoms with Gasteiger partial charge in [0.2, 0.25) is 0 Å². The van der Waals surface area contributed by atoms with Crippen molar-refractivity contribution in [1.82, 2.24) is 5.32 Å². The van der Waals surface area contributed by atoms with Crippen molar-refractivity contribution in [2.75, 3.05) is 13.1 Å². The molecule has 0 saturated carbocycles. The summed E-state index contributed by atoms with van der Waals surface area (Å²) in [5, 5.41) is 2.76. The molecule has 0 fully saturated rings. The zero-order valence-electron chi connectivity index (χ0n) is 7.80. The van der Waals surface area contributed by atoms with Gasteiger partial charge in [-0.15, -0.1) is 11.3 Å². The molecule has 15 heavy (non-hydrogen) atoms. The van der Waals surface area contributed by atoms with Crippen LogP contribution in [0.5, 0.6) is 0 Å². The summed E-state index contributed by atoms with van der Waals surface area (Å²) in [6.45, 7) is 0.995. The fraction of sp³-hybridized carbons (Fsp3) is 0.222. The number of nitrogens with one attached hydrogen (secondary N) is 1. The normalized spacial score (nSPS) is 10.9. The Morgan fingerprint density at radius 3 is 2.80 bits per heavy atom. The molecule has 1 rings (SSSR count). The first kappa shape index (κ1) is 12.9. The van der Waals surface area contributed by atoms with Crippen molar-refractivity contribution in [2.45, 2.75) is 0 Å². The molecule has 0 saturated heterocycles. The van der Waals surface area contributed by atoms with Crippen molar-refractivity contribution >= 4 is 49.1 Å². The van der Waals surface area contributed by atoms with Crippen LogP contribution in [-0.4, -0.2) is 19.0 Å². The van der Waals surface area contributed by atoms with E-state index < -0.39 is 0 Å². The van der Waals surface area contributed by atoms with Crippen molar-refractivity contribution in [3.8, 4) is 0 Å². The van der Waals surface area contributed by atoms with Gasteiger partial charge in [-0.3, -0.25) is 4.79 Å². The van der Waals surface area contributed by atoms with Crippen LogP contribution in [0.4, 0.5) is 0 Å². The third kappa shape index (κ3) is 4.06. The van der Waals surface area contributed by atoms with Crippen LogP contribution in [0.2, 0.25) is 0 Å². The Bertz CT molecular complexity index is 357. The van der Waals surface area contributed by atoms with Crippen LogP contribution >= 0.6 is 43.2 Å². The topological polar surface area (TPSA) is 55.1 Å². The highest BCUT2D eigenvalue weighted by atomic mass is 79.9. The van der Waals surface area contributed by atoms with E-state index in [4.69, 9.17) is 5.73 Å². The summed E-state index contributed by atoms with van der Waals surface area (Å²) in [5.41, 5.74) is 5.27. The van der Waals surface area contributed by atoms with Gasteiger partial charge in [-0.2, -0.15) is 0 Å². The Labute approximate surface area is 109 Å². The SMILES string of the molecule is NC/C=C/CNC(=O)c1cc(Br)c(Br)s1. The molecule has 1 aromatic rings. The Morgan fingerprint density at radius 1 is 1.53 bits per heavy atom. The molecule has 1 amide bonds. The van der Waals surface area contributed by atoms with Gasteiger partial charge in [-0.25, -0.2) is 0 Å². The molecule has 3 N–H and O–H groups in total. The number of hydrogen-bond acceptors (Lipinski definition) is 3. The van der Waals surface area contributed by atoms with Gasteiger partial charge >= 0.3 is 0 Å². The van der Waals surface area contributed by atoms with Crippen LogP contribution in [0.15, 0.2) is 26.5 Å². The summed E-state index contributed by atoms with van der Waals surface area (Å²) < 4.78 is 1.82. The number of nitrogens with two attached hydrogens (primary N) is 1. The van der Waals surface area contributed by atoms with Gasteiger partial charge in [-0.05, 0) is 37.9 Å². The van der Waals surface area contributed by atoms with Gasteiger partial charge in [0, 0.05) is 17.6 Å². The van der Waals surface area contributed by atoms with Crippen molar-refractivity contribution < 1.29 is 4.79 Å². The number of thiophene rings is 1. The maximum absolute atomic E-state index is 11.6. The maximum Gasteiger partial charge on any atom is 0.261 e. The molecule has 82 valence electrons. The second kappa shape index (κ2) is 6.42. The molecule has 0 aromatic carbocycles. The third-order valence-electron chi connectivity index (χ3n) is 1.55. The number of hydrogen-bond donors (Lipinski definition) is 2. The highest BCUT2D eigenvalue weighted by Crippen LogP contribution is 2.32. The van der Waals surface area contributed by atoms with Crippen LogP contribution < -0.4 is 11.1 Å². The smallest absolute Gasteiger partial charge is 0.261 e. The van der Waals surface area contributed by atoms with Gasteiger partial charge in [0.25, 0.3) is 5.91 Å². The van der Waals surface area contributed by atoms with E-state index in [0.717, 1.165) is 8.26 Å². The molecule has 1 aromatic heterocycles. The monoisotopic (exact) mass is 352 g/mol. The first-order valence-electron chi connectivity index (χ1n) is 4.23. The number of halogens is 2. The predicted octanol–water partition coefficient (Wildman–Crippen LogP) is 2.52. The third-order valence-corrected chi connectivity index (χ3v) is 4.81. The molecule has 0 atom stereocenters. The lowest BCUT2D eigenvalue weighted by atomic mass is 10.4. The van der Waals surface area contributed by atoms with Crippen molar-refractivity contribution in [3.05, 3.63) is 31.4 Å². The summed E-state index contributed by atoms with van der Waals surface area (Å²) in [4.78, 5) is 12.2. The summed E-state index contributed by atoms with van der Waals surface area (Å²) in [6.07, 6.45) is 3.64. The summed E-state index contributed by atoms with van der Waals surface area (Å²) in [5.74, 6) is -0.0759. The van der Waals surface area contributed by atoms with Gasteiger partial charge in [-0.1, -0.05) is 12.2 Å². The van der Waals surface area contributed by atoms with Crippen LogP contribution in [0.1, 0.15) is 9.67 Å². The van der Waals surface area contributed by atoms with E-state index in [9.17, 15) is 4.79 Å². The quantitative estimate of drug-likeness (QED) is 0.817. The van der Waals surface area contributed by atoms with Crippen LogP contribution in [0, 0.1) is 0 Å². The highest BCUT2D eigenvalue weighted by molar-refractivity contribution is 9.13. The molecule has 0 bridgehead atoms. The second-order valence-corrected chi connectivity index (χ2v) is 5.87. The Balaban J connectivity index is 2.50. The Morgan fingerprint density at radius 2 is 2.27 bits per heavy atom. The molecular weight excluding hydrogens is 344 g/mol. The van der Waals surface area contributed by atoms with Gasteiger partial charge in [0.1, 0.15) is 0 Å². The van der Waals surface area contributed by atoms with Gasteiger partial charge < -0.3 is 11.1 Å². The van der Waals surface area contributed by atoms with Crippen LogP contribution in [0.25, 0.3) is 0 Å². The minimum Gasteiger partial charge on any atom is -0.348 e. The largest absolute Gasteiger partial charge is 0.348 e. The Kier molecular flexibility index (Phi) is 5.52. The summed E-state index contributed by atoms with van der Waals surface area (Å²) >= 11 is 8.06. The van der Waals surface area contributed by atoms with Crippen LogP contribution in [-0.2, 0) is 0 Å². The lowest BCUT2D eigenvalue weighted by molar-refractivity contribution is 0.0962. The first-order chi connectivity index (χ1) is 7.15. The zero-order valence-corrected chi connectivity index (χ0v) is 11.8. The fourth-order valence-corrected chi connectivity index (χ4v) is 2.83. The fourth-order valence-electron chi connectivity index (χ4n) is 0.877. The van der Waals surface area contributed by atoms with Crippen molar-refractivity contribution in [1.29, 1.82) is 0 Å². The van der Waals surface area contributed by atoms with E-state index in [1.807, 2.05) is 6.08 Å². The first-order valence-corrected chi connectivity index (χ1v) is 6.63. The molecule has 0 aliphatic rings. The highest BCUT2D eigenvalue weighted by Gasteiger charge is 2.10. The molecule has 0 aliphatic heterocycles. The van der Waals surface area contributed by atoms with E-state index in [-0.39, 0.29) is 5.91 Å². The molecular formula is C9H10Br2N2OS. The molecule has 3 nitrogen and oxygen atoms in total. The predicted molar refractivity (Wildman–Crippen MR) is 70.2 cm³/mol. The molecule has 0 unspecified atom stereocenters. The molecule has 1 heterocycles. The maximum atomic E-state index is 11.6. The van der Waals surface area contributed by atoms with E-state index in [1.54, 1.807) is 12.1 Å².